The normalized spacial score (nSPS) is 23.6. The number of nitrogens with zero attached hydrogens (tertiary/aromatic N) is 1. The molecule has 0 saturated heterocycles. The first-order valence-electron chi connectivity index (χ1n) is 4.71. The summed E-state index contributed by atoms with van der Waals surface area (Å²) in [4.78, 5) is 0. The van der Waals surface area contributed by atoms with Gasteiger partial charge in [0.05, 0.1) is 5.71 Å². The molecule has 0 saturated carbocycles. The summed E-state index contributed by atoms with van der Waals surface area (Å²) in [5.74, 6) is 0.548. The largest absolute Gasteiger partial charge is 0.411 e. The summed E-state index contributed by atoms with van der Waals surface area (Å²) in [6, 6.07) is 6.02. The number of rotatable bonds is 0. The van der Waals surface area contributed by atoms with Gasteiger partial charge in [0.15, 0.2) is 0 Å². The second-order valence-electron chi connectivity index (χ2n) is 3.83. The average Bonchev–Trinajstić information content (AvgIpc) is 2.18. The highest BCUT2D eigenvalue weighted by Gasteiger charge is 2.22. The lowest BCUT2D eigenvalue weighted by atomic mass is 9.84. The number of oxime groups is 1. The number of hydrogen-bond donors (Lipinski definition) is 1. The van der Waals surface area contributed by atoms with Gasteiger partial charge in [-0.2, -0.15) is 0 Å². The van der Waals surface area contributed by atoms with Crippen molar-refractivity contribution in [3.05, 3.63) is 33.8 Å². The average molecular weight is 254 g/mol. The summed E-state index contributed by atoms with van der Waals surface area (Å²) in [6.45, 7) is 2.17. The third-order valence-electron chi connectivity index (χ3n) is 2.64. The quantitative estimate of drug-likeness (QED) is 0.559. The first-order chi connectivity index (χ1) is 6.72. The Hall–Kier alpha value is -0.830. The number of fused-ring (bicyclic) bond motifs is 1. The van der Waals surface area contributed by atoms with Gasteiger partial charge in [0.2, 0.25) is 0 Å². The topological polar surface area (TPSA) is 32.6 Å². The van der Waals surface area contributed by atoms with Gasteiger partial charge in [0.1, 0.15) is 0 Å². The van der Waals surface area contributed by atoms with Crippen LogP contribution in [0.1, 0.15) is 24.5 Å². The number of benzene rings is 1. The summed E-state index contributed by atoms with van der Waals surface area (Å²) >= 11 is 3.53. The predicted molar refractivity (Wildman–Crippen MR) is 60.0 cm³/mol. The first kappa shape index (κ1) is 9.71. The zero-order valence-corrected chi connectivity index (χ0v) is 9.58. The van der Waals surface area contributed by atoms with Crippen LogP contribution in [0.4, 0.5) is 0 Å². The second-order valence-corrected chi connectivity index (χ2v) is 4.68. The van der Waals surface area contributed by atoms with Gasteiger partial charge in [-0.15, -0.1) is 0 Å². The molecule has 1 atom stereocenters. The zero-order chi connectivity index (χ0) is 10.1. The van der Waals surface area contributed by atoms with Gasteiger partial charge < -0.3 is 5.21 Å². The minimum atomic E-state index is 0.548. The predicted octanol–water partition coefficient (Wildman–Crippen LogP) is 3.21. The van der Waals surface area contributed by atoms with Crippen LogP contribution in [0.15, 0.2) is 27.8 Å². The standard InChI is InChI=1S/C11H12BrNO/c1-7-5-9-8(11(6-7)13-14)3-2-4-10(9)12/h2-4,7,14H,5-6H2,1H3. The molecule has 0 heterocycles. The molecule has 1 N–H and O–H groups in total. The lowest BCUT2D eigenvalue weighted by Gasteiger charge is -2.23. The van der Waals surface area contributed by atoms with E-state index >= 15 is 0 Å². The van der Waals surface area contributed by atoms with Crippen molar-refractivity contribution in [3.8, 4) is 0 Å². The lowest BCUT2D eigenvalue weighted by Crippen LogP contribution is -2.19. The summed E-state index contributed by atoms with van der Waals surface area (Å²) < 4.78 is 1.11. The van der Waals surface area contributed by atoms with E-state index < -0.39 is 0 Å². The van der Waals surface area contributed by atoms with Crippen LogP contribution in [-0.4, -0.2) is 10.9 Å². The van der Waals surface area contributed by atoms with E-state index in [2.05, 4.69) is 28.0 Å². The Morgan fingerprint density at radius 3 is 2.93 bits per heavy atom. The van der Waals surface area contributed by atoms with Gasteiger partial charge in [-0.25, -0.2) is 0 Å². The maximum Gasteiger partial charge on any atom is 0.0873 e. The molecule has 1 aliphatic rings. The number of hydrogen-bond acceptors (Lipinski definition) is 2. The molecule has 0 aliphatic heterocycles. The van der Waals surface area contributed by atoms with E-state index in [0.717, 1.165) is 28.6 Å². The van der Waals surface area contributed by atoms with E-state index in [1.54, 1.807) is 0 Å². The molecule has 1 unspecified atom stereocenters. The summed E-state index contributed by atoms with van der Waals surface area (Å²) in [5, 5.41) is 12.3. The van der Waals surface area contributed by atoms with Gasteiger partial charge >= 0.3 is 0 Å². The molecule has 2 nitrogen and oxygen atoms in total. The molecule has 0 aromatic heterocycles. The summed E-state index contributed by atoms with van der Waals surface area (Å²) in [7, 11) is 0. The van der Waals surface area contributed by atoms with Gasteiger partial charge in [0.25, 0.3) is 0 Å². The van der Waals surface area contributed by atoms with Gasteiger partial charge in [-0.1, -0.05) is 40.1 Å². The molecule has 0 radical (unpaired) electrons. The van der Waals surface area contributed by atoms with Crippen molar-refractivity contribution in [1.29, 1.82) is 0 Å². The molecule has 1 aromatic rings. The van der Waals surface area contributed by atoms with Crippen LogP contribution in [-0.2, 0) is 6.42 Å². The highest BCUT2D eigenvalue weighted by atomic mass is 79.9. The molecular formula is C11H12BrNO. The highest BCUT2D eigenvalue weighted by molar-refractivity contribution is 9.10. The van der Waals surface area contributed by atoms with Crippen molar-refractivity contribution in [1.82, 2.24) is 0 Å². The Bertz CT molecular complexity index is 387. The Morgan fingerprint density at radius 1 is 1.43 bits per heavy atom. The minimum Gasteiger partial charge on any atom is -0.411 e. The van der Waals surface area contributed by atoms with E-state index in [0.29, 0.717) is 5.92 Å². The molecular weight excluding hydrogens is 242 g/mol. The summed E-state index contributed by atoms with van der Waals surface area (Å²) in [6.07, 6.45) is 1.91. The van der Waals surface area contributed by atoms with E-state index in [4.69, 9.17) is 5.21 Å². The van der Waals surface area contributed by atoms with Crippen molar-refractivity contribution in [3.63, 3.8) is 0 Å². The van der Waals surface area contributed by atoms with E-state index in [-0.39, 0.29) is 0 Å². The van der Waals surface area contributed by atoms with Gasteiger partial charge in [0, 0.05) is 10.0 Å². The van der Waals surface area contributed by atoms with Crippen LogP contribution in [0.25, 0.3) is 0 Å². The molecule has 0 amide bonds. The Labute approximate surface area is 91.8 Å². The van der Waals surface area contributed by atoms with Crippen LogP contribution in [0.3, 0.4) is 0 Å². The minimum absolute atomic E-state index is 0.548. The maximum atomic E-state index is 8.92. The summed E-state index contributed by atoms with van der Waals surface area (Å²) in [5.41, 5.74) is 3.15. The molecule has 1 aromatic carbocycles. The van der Waals surface area contributed by atoms with Crippen LogP contribution >= 0.6 is 15.9 Å². The van der Waals surface area contributed by atoms with Crippen molar-refractivity contribution in [2.24, 2.45) is 11.1 Å². The third-order valence-corrected chi connectivity index (χ3v) is 3.39. The van der Waals surface area contributed by atoms with Crippen molar-refractivity contribution in [2.75, 3.05) is 0 Å². The second kappa shape index (κ2) is 3.73. The first-order valence-corrected chi connectivity index (χ1v) is 5.50. The molecule has 14 heavy (non-hydrogen) atoms. The molecule has 1 aliphatic carbocycles. The molecule has 0 spiro atoms. The SMILES string of the molecule is CC1CC(=NO)c2cccc(Br)c2C1. The lowest BCUT2D eigenvalue weighted by molar-refractivity contribution is 0.316. The van der Waals surface area contributed by atoms with Crippen molar-refractivity contribution in [2.45, 2.75) is 19.8 Å². The van der Waals surface area contributed by atoms with E-state index in [1.165, 1.54) is 5.56 Å². The Kier molecular flexibility index (Phi) is 2.59. The van der Waals surface area contributed by atoms with Crippen LogP contribution in [0, 0.1) is 5.92 Å². The number of halogens is 1. The fourth-order valence-electron chi connectivity index (χ4n) is 1.99. The third kappa shape index (κ3) is 1.57. The fourth-order valence-corrected chi connectivity index (χ4v) is 2.52. The van der Waals surface area contributed by atoms with Crippen molar-refractivity contribution >= 4 is 21.6 Å². The Balaban J connectivity index is 2.57. The maximum absolute atomic E-state index is 8.92. The van der Waals surface area contributed by atoms with Crippen LogP contribution in [0.5, 0.6) is 0 Å². The molecule has 74 valence electrons. The fraction of sp³-hybridized carbons (Fsp3) is 0.364. The van der Waals surface area contributed by atoms with E-state index in [9.17, 15) is 0 Å². The smallest absolute Gasteiger partial charge is 0.0873 e. The molecule has 0 fully saturated rings. The van der Waals surface area contributed by atoms with Gasteiger partial charge in [-0.3, -0.25) is 0 Å². The van der Waals surface area contributed by atoms with E-state index in [1.807, 2.05) is 18.2 Å². The molecule has 0 bridgehead atoms. The monoisotopic (exact) mass is 253 g/mol. The van der Waals surface area contributed by atoms with Gasteiger partial charge in [-0.05, 0) is 30.4 Å². The molecule has 3 heteroatoms. The van der Waals surface area contributed by atoms with Crippen molar-refractivity contribution < 1.29 is 5.21 Å². The van der Waals surface area contributed by atoms with Crippen LogP contribution in [0.2, 0.25) is 0 Å². The van der Waals surface area contributed by atoms with Crippen LogP contribution < -0.4 is 0 Å². The zero-order valence-electron chi connectivity index (χ0n) is 8.00. The highest BCUT2D eigenvalue weighted by Crippen LogP contribution is 2.30. The molecule has 2 rings (SSSR count). The Morgan fingerprint density at radius 2 is 2.21 bits per heavy atom.